The minimum Gasteiger partial charge on any atom is -0.354 e. The Morgan fingerprint density at radius 2 is 1.72 bits per heavy atom. The van der Waals surface area contributed by atoms with E-state index in [1.807, 2.05) is 0 Å². The lowest BCUT2D eigenvalue weighted by Gasteiger charge is -2.21. The molecule has 2 aromatic rings. The minimum atomic E-state index is -0.382. The molecule has 2 aromatic carbocycles. The molecule has 0 spiro atoms. The molecule has 25 heavy (non-hydrogen) atoms. The van der Waals surface area contributed by atoms with Gasteiger partial charge in [0.2, 0.25) is 11.8 Å². The molecule has 0 fully saturated rings. The lowest BCUT2D eigenvalue weighted by molar-refractivity contribution is -0.130. The Labute approximate surface area is 145 Å². The molecule has 0 heterocycles. The van der Waals surface area contributed by atoms with Crippen molar-refractivity contribution in [2.24, 2.45) is 0 Å². The maximum absolute atomic E-state index is 13.1. The number of carbonyl (C=O) groups excluding carboxylic acids is 2. The zero-order valence-corrected chi connectivity index (χ0v) is 14.0. The SMILES string of the molecule is CC(=O)N(CCNC(=O)Cc1cccc(F)c1)Cc1ccc(F)cc1. The number of hydrogen-bond donors (Lipinski definition) is 1. The molecule has 2 rings (SSSR count). The van der Waals surface area contributed by atoms with E-state index in [0.29, 0.717) is 18.7 Å². The summed E-state index contributed by atoms with van der Waals surface area (Å²) in [5.41, 5.74) is 1.40. The first-order valence-corrected chi connectivity index (χ1v) is 7.95. The summed E-state index contributed by atoms with van der Waals surface area (Å²) in [5, 5.41) is 2.72. The fourth-order valence-corrected chi connectivity index (χ4v) is 2.38. The van der Waals surface area contributed by atoms with Gasteiger partial charge in [-0.25, -0.2) is 8.78 Å². The van der Waals surface area contributed by atoms with Crippen molar-refractivity contribution in [3.63, 3.8) is 0 Å². The van der Waals surface area contributed by atoms with Gasteiger partial charge in [0.1, 0.15) is 11.6 Å². The normalized spacial score (nSPS) is 10.4. The van der Waals surface area contributed by atoms with Gasteiger partial charge in [-0.05, 0) is 35.4 Å². The molecule has 0 unspecified atom stereocenters. The summed E-state index contributed by atoms with van der Waals surface area (Å²) in [6.07, 6.45) is 0.0792. The summed E-state index contributed by atoms with van der Waals surface area (Å²) < 4.78 is 26.0. The van der Waals surface area contributed by atoms with E-state index >= 15 is 0 Å². The number of nitrogens with zero attached hydrogens (tertiary/aromatic N) is 1. The second-order valence-electron chi connectivity index (χ2n) is 5.72. The summed E-state index contributed by atoms with van der Waals surface area (Å²) in [6, 6.07) is 11.8. The van der Waals surface area contributed by atoms with Crippen LogP contribution in [-0.2, 0) is 22.6 Å². The maximum Gasteiger partial charge on any atom is 0.224 e. The van der Waals surface area contributed by atoms with Crippen LogP contribution in [0.15, 0.2) is 48.5 Å². The van der Waals surface area contributed by atoms with Gasteiger partial charge < -0.3 is 10.2 Å². The van der Waals surface area contributed by atoms with Crippen molar-refractivity contribution in [1.29, 1.82) is 0 Å². The van der Waals surface area contributed by atoms with Crippen LogP contribution in [0.25, 0.3) is 0 Å². The van der Waals surface area contributed by atoms with Crippen molar-refractivity contribution >= 4 is 11.8 Å². The average Bonchev–Trinajstić information content (AvgIpc) is 2.55. The van der Waals surface area contributed by atoms with Crippen molar-refractivity contribution in [2.75, 3.05) is 13.1 Å². The molecule has 0 atom stereocenters. The highest BCUT2D eigenvalue weighted by molar-refractivity contribution is 5.78. The molecular weight excluding hydrogens is 326 g/mol. The van der Waals surface area contributed by atoms with E-state index in [4.69, 9.17) is 0 Å². The number of rotatable bonds is 7. The zero-order valence-electron chi connectivity index (χ0n) is 14.0. The fraction of sp³-hybridized carbons (Fsp3) is 0.263. The molecular formula is C19H20F2N2O2. The van der Waals surface area contributed by atoms with Gasteiger partial charge >= 0.3 is 0 Å². The standard InChI is InChI=1S/C19H20F2N2O2/c1-14(24)23(13-15-5-7-17(20)8-6-15)10-9-22-19(25)12-16-3-2-4-18(21)11-16/h2-8,11H,9-10,12-13H2,1H3,(H,22,25). The van der Waals surface area contributed by atoms with Crippen molar-refractivity contribution < 1.29 is 18.4 Å². The summed E-state index contributed by atoms with van der Waals surface area (Å²) in [4.78, 5) is 25.2. The summed E-state index contributed by atoms with van der Waals surface area (Å²) >= 11 is 0. The molecule has 132 valence electrons. The third-order valence-corrected chi connectivity index (χ3v) is 3.69. The topological polar surface area (TPSA) is 49.4 Å². The number of benzene rings is 2. The average molecular weight is 346 g/mol. The third-order valence-electron chi connectivity index (χ3n) is 3.69. The quantitative estimate of drug-likeness (QED) is 0.838. The van der Waals surface area contributed by atoms with Gasteiger partial charge in [-0.1, -0.05) is 24.3 Å². The largest absolute Gasteiger partial charge is 0.354 e. The molecule has 0 aliphatic rings. The van der Waals surface area contributed by atoms with Gasteiger partial charge in [-0.2, -0.15) is 0 Å². The smallest absolute Gasteiger partial charge is 0.224 e. The lowest BCUT2D eigenvalue weighted by atomic mass is 10.1. The Morgan fingerprint density at radius 3 is 2.36 bits per heavy atom. The highest BCUT2D eigenvalue weighted by Gasteiger charge is 2.10. The van der Waals surface area contributed by atoms with Gasteiger partial charge in [-0.15, -0.1) is 0 Å². The molecule has 0 bridgehead atoms. The first-order valence-electron chi connectivity index (χ1n) is 7.95. The van der Waals surface area contributed by atoms with Crippen LogP contribution in [0.5, 0.6) is 0 Å². The Morgan fingerprint density at radius 1 is 1.00 bits per heavy atom. The zero-order chi connectivity index (χ0) is 18.2. The van der Waals surface area contributed by atoms with Crippen LogP contribution in [0, 0.1) is 11.6 Å². The van der Waals surface area contributed by atoms with E-state index in [2.05, 4.69) is 5.32 Å². The number of hydrogen-bond acceptors (Lipinski definition) is 2. The second-order valence-corrected chi connectivity index (χ2v) is 5.72. The van der Waals surface area contributed by atoms with Crippen LogP contribution in [0.3, 0.4) is 0 Å². The van der Waals surface area contributed by atoms with Crippen LogP contribution in [0.2, 0.25) is 0 Å². The molecule has 6 heteroatoms. The molecule has 0 saturated heterocycles. The highest BCUT2D eigenvalue weighted by atomic mass is 19.1. The molecule has 0 aromatic heterocycles. The number of halogens is 2. The summed E-state index contributed by atoms with van der Waals surface area (Å²) in [7, 11) is 0. The van der Waals surface area contributed by atoms with Crippen LogP contribution < -0.4 is 5.32 Å². The lowest BCUT2D eigenvalue weighted by Crippen LogP contribution is -2.37. The maximum atomic E-state index is 13.1. The van der Waals surface area contributed by atoms with Crippen LogP contribution in [-0.4, -0.2) is 29.8 Å². The van der Waals surface area contributed by atoms with E-state index in [1.165, 1.54) is 31.2 Å². The van der Waals surface area contributed by atoms with Crippen molar-refractivity contribution in [3.8, 4) is 0 Å². The Bertz CT molecular complexity index is 732. The summed E-state index contributed by atoms with van der Waals surface area (Å²) in [5.74, 6) is -1.09. The van der Waals surface area contributed by atoms with E-state index in [-0.39, 0.29) is 36.4 Å². The van der Waals surface area contributed by atoms with Crippen molar-refractivity contribution in [3.05, 3.63) is 71.3 Å². The molecule has 0 radical (unpaired) electrons. The molecule has 4 nitrogen and oxygen atoms in total. The van der Waals surface area contributed by atoms with Crippen LogP contribution >= 0.6 is 0 Å². The number of carbonyl (C=O) groups is 2. The number of amides is 2. The van der Waals surface area contributed by atoms with Gasteiger partial charge in [0.25, 0.3) is 0 Å². The Hall–Kier alpha value is -2.76. The van der Waals surface area contributed by atoms with Gasteiger partial charge in [0, 0.05) is 26.6 Å². The number of nitrogens with one attached hydrogen (secondary N) is 1. The molecule has 0 saturated carbocycles. The van der Waals surface area contributed by atoms with E-state index in [0.717, 1.165) is 5.56 Å². The van der Waals surface area contributed by atoms with E-state index in [9.17, 15) is 18.4 Å². The third kappa shape index (κ3) is 6.33. The monoisotopic (exact) mass is 346 g/mol. The van der Waals surface area contributed by atoms with E-state index < -0.39 is 0 Å². The predicted molar refractivity (Wildman–Crippen MR) is 90.6 cm³/mol. The van der Waals surface area contributed by atoms with Crippen LogP contribution in [0.4, 0.5) is 8.78 Å². The van der Waals surface area contributed by atoms with Crippen molar-refractivity contribution in [1.82, 2.24) is 10.2 Å². The minimum absolute atomic E-state index is 0.0792. The summed E-state index contributed by atoms with van der Waals surface area (Å²) in [6.45, 7) is 2.41. The molecule has 0 aliphatic heterocycles. The Balaban J connectivity index is 1.81. The predicted octanol–water partition coefficient (Wildman–Crippen LogP) is 2.67. The van der Waals surface area contributed by atoms with Gasteiger partial charge in [0.05, 0.1) is 6.42 Å². The van der Waals surface area contributed by atoms with Crippen LogP contribution in [0.1, 0.15) is 18.1 Å². The molecule has 1 N–H and O–H groups in total. The molecule has 0 aliphatic carbocycles. The highest BCUT2D eigenvalue weighted by Crippen LogP contribution is 2.07. The van der Waals surface area contributed by atoms with Crippen molar-refractivity contribution in [2.45, 2.75) is 19.9 Å². The second kappa shape index (κ2) is 8.92. The first kappa shape index (κ1) is 18.6. The van der Waals surface area contributed by atoms with Gasteiger partial charge in [-0.3, -0.25) is 9.59 Å². The Kier molecular flexibility index (Phi) is 6.62. The first-order chi connectivity index (χ1) is 11.9. The molecule has 2 amide bonds. The van der Waals surface area contributed by atoms with Gasteiger partial charge in [0.15, 0.2) is 0 Å². The fourth-order valence-electron chi connectivity index (χ4n) is 2.38. The van der Waals surface area contributed by atoms with E-state index in [1.54, 1.807) is 29.2 Å².